The van der Waals surface area contributed by atoms with Crippen LogP contribution < -0.4 is 5.73 Å². The number of rotatable bonds is 2. The Morgan fingerprint density at radius 1 is 2.00 bits per heavy atom. The number of hydrogen-bond donors (Lipinski definition) is 1. The average Bonchev–Trinajstić information content (AvgIpc) is 1.68. The summed E-state index contributed by atoms with van der Waals surface area (Å²) in [4.78, 5) is 12.8. The maximum atomic E-state index is 9.51. The zero-order valence-corrected chi connectivity index (χ0v) is 4.22. The fraction of sp³-hybridized carbons (Fsp3) is 0.500. The summed E-state index contributed by atoms with van der Waals surface area (Å²) in [5, 5.41) is 0. The number of hydrogen-bond acceptors (Lipinski definition) is 1. The highest BCUT2D eigenvalue weighted by atomic mass is 16.1. The van der Waals surface area contributed by atoms with E-state index in [2.05, 4.69) is 4.99 Å². The summed E-state index contributed by atoms with van der Waals surface area (Å²) in [6, 6.07) is 0. The van der Waals surface area contributed by atoms with Crippen LogP contribution in [0.25, 0.3) is 0 Å². The Morgan fingerprint density at radius 3 is 2.71 bits per heavy atom. The number of amidine groups is 1. The minimum Gasteiger partial charge on any atom is -0.387 e. The molecule has 0 atom stereocenters. The molecule has 0 radical (unpaired) electrons. The Balaban J connectivity index is 3.49. The molecule has 0 aliphatic carbocycles. The number of aliphatic imine (C=N–C) groups is 1. The monoisotopic (exact) mass is 100 g/mol. The number of carbonyl (C=O) groups excluding carboxylic acids is 1. The van der Waals surface area contributed by atoms with Crippen LogP contribution in [0.3, 0.4) is 0 Å². The van der Waals surface area contributed by atoms with Gasteiger partial charge in [0.05, 0.1) is 0 Å². The van der Waals surface area contributed by atoms with Crippen molar-refractivity contribution in [3.05, 3.63) is 0 Å². The summed E-state index contributed by atoms with van der Waals surface area (Å²) < 4.78 is 0. The van der Waals surface area contributed by atoms with Gasteiger partial charge in [-0.3, -0.25) is 4.79 Å². The predicted molar refractivity (Wildman–Crippen MR) is 28.0 cm³/mol. The lowest BCUT2D eigenvalue weighted by molar-refractivity contribution is -0.106. The molecule has 7 heavy (non-hydrogen) atoms. The van der Waals surface area contributed by atoms with Gasteiger partial charge in [0.25, 0.3) is 0 Å². The third-order valence-electron chi connectivity index (χ3n) is 0.581. The van der Waals surface area contributed by atoms with Crippen LogP contribution in [0.1, 0.15) is 13.3 Å². The fourth-order valence-corrected chi connectivity index (χ4v) is 0.159. The zero-order chi connectivity index (χ0) is 5.70. The number of amides is 1. The maximum absolute atomic E-state index is 9.51. The van der Waals surface area contributed by atoms with Gasteiger partial charge in [0.15, 0.2) is 0 Å². The summed E-state index contributed by atoms with van der Waals surface area (Å²) in [7, 11) is 0. The van der Waals surface area contributed by atoms with E-state index in [0.717, 1.165) is 0 Å². The van der Waals surface area contributed by atoms with Crippen LogP contribution in [-0.4, -0.2) is 12.2 Å². The largest absolute Gasteiger partial charge is 0.387 e. The topological polar surface area (TPSA) is 55.4 Å². The van der Waals surface area contributed by atoms with Gasteiger partial charge in [0.2, 0.25) is 6.41 Å². The van der Waals surface area contributed by atoms with Crippen molar-refractivity contribution in [2.45, 2.75) is 13.3 Å². The summed E-state index contributed by atoms with van der Waals surface area (Å²) in [6.07, 6.45) is 1.08. The third-order valence-corrected chi connectivity index (χ3v) is 0.581. The molecule has 3 nitrogen and oxygen atoms in total. The number of carbonyl (C=O) groups is 1. The Bertz CT molecular complexity index is 87.7. The molecule has 0 aromatic carbocycles. The molecule has 0 aliphatic rings. The minimum atomic E-state index is 0.384. The second-order valence-corrected chi connectivity index (χ2v) is 1.08. The van der Waals surface area contributed by atoms with Gasteiger partial charge >= 0.3 is 0 Å². The van der Waals surface area contributed by atoms with E-state index in [1.54, 1.807) is 0 Å². The van der Waals surface area contributed by atoms with Crippen molar-refractivity contribution in [1.29, 1.82) is 0 Å². The summed E-state index contributed by atoms with van der Waals surface area (Å²) in [5.74, 6) is 0.384. The van der Waals surface area contributed by atoms with E-state index in [1.165, 1.54) is 0 Å². The second-order valence-electron chi connectivity index (χ2n) is 1.08. The van der Waals surface area contributed by atoms with Crippen LogP contribution in [0.5, 0.6) is 0 Å². The lowest BCUT2D eigenvalue weighted by Crippen LogP contribution is -2.08. The molecule has 0 saturated heterocycles. The zero-order valence-electron chi connectivity index (χ0n) is 4.22. The summed E-state index contributed by atoms with van der Waals surface area (Å²) in [6.45, 7) is 1.84. The fourth-order valence-electron chi connectivity index (χ4n) is 0.159. The van der Waals surface area contributed by atoms with Crippen molar-refractivity contribution in [3.8, 4) is 0 Å². The Morgan fingerprint density at radius 2 is 2.57 bits per heavy atom. The smallest absolute Gasteiger partial charge is 0.234 e. The highest BCUT2D eigenvalue weighted by Gasteiger charge is 1.78. The minimum absolute atomic E-state index is 0.384. The van der Waals surface area contributed by atoms with Gasteiger partial charge in [0.1, 0.15) is 5.84 Å². The van der Waals surface area contributed by atoms with Crippen LogP contribution in [0, 0.1) is 0 Å². The average molecular weight is 100 g/mol. The lowest BCUT2D eigenvalue weighted by atomic mass is 10.5. The molecule has 0 unspecified atom stereocenters. The molecule has 0 aromatic heterocycles. The van der Waals surface area contributed by atoms with Gasteiger partial charge in [-0.05, 0) is 0 Å². The van der Waals surface area contributed by atoms with Crippen molar-refractivity contribution in [3.63, 3.8) is 0 Å². The van der Waals surface area contributed by atoms with Gasteiger partial charge in [-0.1, -0.05) is 6.92 Å². The Kier molecular flexibility index (Phi) is 2.92. The van der Waals surface area contributed by atoms with E-state index in [-0.39, 0.29) is 0 Å². The van der Waals surface area contributed by atoms with Crippen LogP contribution in [-0.2, 0) is 4.79 Å². The molecule has 0 rings (SSSR count). The molecular weight excluding hydrogens is 92.1 g/mol. The Hall–Kier alpha value is -0.860. The molecule has 0 saturated carbocycles. The molecule has 0 aromatic rings. The van der Waals surface area contributed by atoms with Crippen molar-refractivity contribution in [2.75, 3.05) is 0 Å². The first-order valence-electron chi connectivity index (χ1n) is 2.07. The molecule has 2 N–H and O–H groups in total. The van der Waals surface area contributed by atoms with Crippen LogP contribution in [0.4, 0.5) is 0 Å². The first-order chi connectivity index (χ1) is 3.31. The molecular formula is C4H8N2O. The first-order valence-corrected chi connectivity index (χ1v) is 2.07. The van der Waals surface area contributed by atoms with Crippen LogP contribution in [0.15, 0.2) is 4.99 Å². The van der Waals surface area contributed by atoms with Gasteiger partial charge in [0, 0.05) is 6.42 Å². The van der Waals surface area contributed by atoms with Crippen molar-refractivity contribution < 1.29 is 4.79 Å². The molecule has 0 bridgehead atoms. The van der Waals surface area contributed by atoms with E-state index in [1.807, 2.05) is 6.92 Å². The van der Waals surface area contributed by atoms with E-state index in [4.69, 9.17) is 5.73 Å². The Labute approximate surface area is 42.2 Å². The summed E-state index contributed by atoms with van der Waals surface area (Å²) in [5.41, 5.74) is 5.10. The lowest BCUT2D eigenvalue weighted by Gasteiger charge is -1.84. The van der Waals surface area contributed by atoms with Gasteiger partial charge in [-0.2, -0.15) is 0 Å². The van der Waals surface area contributed by atoms with Crippen molar-refractivity contribution in [1.82, 2.24) is 0 Å². The molecule has 0 heterocycles. The molecule has 0 aliphatic heterocycles. The summed E-state index contributed by atoms with van der Waals surface area (Å²) >= 11 is 0. The maximum Gasteiger partial charge on any atom is 0.234 e. The standard InChI is InChI=1S/C4H8N2O/c1-2-4(5)6-3-7/h3H,2H2,1H3,(H2,5,6,7). The van der Waals surface area contributed by atoms with E-state index < -0.39 is 0 Å². The molecule has 0 spiro atoms. The quantitative estimate of drug-likeness (QED) is 0.299. The van der Waals surface area contributed by atoms with Gasteiger partial charge in [-0.15, -0.1) is 0 Å². The van der Waals surface area contributed by atoms with Crippen LogP contribution in [0.2, 0.25) is 0 Å². The highest BCUT2D eigenvalue weighted by Crippen LogP contribution is 1.71. The molecule has 1 amide bonds. The normalized spacial score (nSPS) is 11.3. The van der Waals surface area contributed by atoms with E-state index >= 15 is 0 Å². The highest BCUT2D eigenvalue weighted by molar-refractivity contribution is 5.85. The van der Waals surface area contributed by atoms with Crippen molar-refractivity contribution >= 4 is 12.2 Å². The third kappa shape index (κ3) is 2.96. The van der Waals surface area contributed by atoms with Gasteiger partial charge < -0.3 is 5.73 Å². The second kappa shape index (κ2) is 3.33. The number of nitrogens with zero attached hydrogens (tertiary/aromatic N) is 1. The van der Waals surface area contributed by atoms with Crippen molar-refractivity contribution in [2.24, 2.45) is 10.7 Å². The first kappa shape index (κ1) is 6.14. The molecule has 40 valence electrons. The molecule has 3 heteroatoms. The van der Waals surface area contributed by atoms with E-state index in [9.17, 15) is 4.79 Å². The number of nitrogens with two attached hydrogens (primary N) is 1. The molecule has 0 fully saturated rings. The van der Waals surface area contributed by atoms with Crippen LogP contribution >= 0.6 is 0 Å². The SMILES string of the molecule is CCC(N)=NC=O. The van der Waals surface area contributed by atoms with Gasteiger partial charge in [-0.25, -0.2) is 4.99 Å². The van der Waals surface area contributed by atoms with E-state index in [0.29, 0.717) is 18.7 Å². The predicted octanol–water partition coefficient (Wildman–Crippen LogP) is -0.0900.